The number of rotatable bonds is 2. The number of hydrogen-bond donors (Lipinski definition) is 2. The van der Waals surface area contributed by atoms with Crippen molar-refractivity contribution in [3.05, 3.63) is 29.6 Å². The predicted octanol–water partition coefficient (Wildman–Crippen LogP) is 1.34. The lowest BCUT2D eigenvalue weighted by Gasteiger charge is -2.30. The van der Waals surface area contributed by atoms with Gasteiger partial charge in [0.05, 0.1) is 11.5 Å². The van der Waals surface area contributed by atoms with Gasteiger partial charge in [-0.15, -0.1) is 0 Å². The van der Waals surface area contributed by atoms with E-state index in [0.29, 0.717) is 19.4 Å². The summed E-state index contributed by atoms with van der Waals surface area (Å²) >= 11 is 0. The van der Waals surface area contributed by atoms with Gasteiger partial charge in [-0.2, -0.15) is 0 Å². The molecule has 1 aliphatic heterocycles. The van der Waals surface area contributed by atoms with Crippen LogP contribution >= 0.6 is 0 Å². The maximum atomic E-state index is 13.7. The maximum Gasteiger partial charge on any atom is 0.308 e. The molecule has 1 aromatic rings. The number of nitrogens with two attached hydrogens (primary N) is 1. The number of carbonyl (C=O) groups excluding carboxylic acids is 1. The Morgan fingerprint density at radius 2 is 2.16 bits per heavy atom. The minimum atomic E-state index is -0.921. The molecular weight excluding hydrogens is 251 g/mol. The third kappa shape index (κ3) is 2.83. The lowest BCUT2D eigenvalue weighted by Crippen LogP contribution is -2.42. The van der Waals surface area contributed by atoms with Gasteiger partial charge in [0.1, 0.15) is 5.82 Å². The molecule has 2 rings (SSSR count). The van der Waals surface area contributed by atoms with Crippen molar-refractivity contribution >= 4 is 17.6 Å². The summed E-state index contributed by atoms with van der Waals surface area (Å²) in [5, 5.41) is 8.97. The number of carboxylic acids is 1. The molecule has 6 heteroatoms. The third-order valence-corrected chi connectivity index (χ3v) is 3.28. The Hall–Kier alpha value is -2.11. The zero-order valence-electron chi connectivity index (χ0n) is 10.3. The van der Waals surface area contributed by atoms with Gasteiger partial charge in [0.2, 0.25) is 0 Å². The first-order valence-electron chi connectivity index (χ1n) is 6.06. The van der Waals surface area contributed by atoms with Crippen molar-refractivity contribution in [1.29, 1.82) is 0 Å². The van der Waals surface area contributed by atoms with E-state index < -0.39 is 23.6 Å². The number of likely N-dealkylation sites (tertiary alicyclic amines) is 1. The van der Waals surface area contributed by atoms with Crippen molar-refractivity contribution in [3.63, 3.8) is 0 Å². The van der Waals surface area contributed by atoms with Gasteiger partial charge in [0, 0.05) is 18.8 Å². The average Bonchev–Trinajstić information content (AvgIpc) is 2.38. The molecule has 0 aromatic heterocycles. The Balaban J connectivity index is 2.17. The first-order valence-corrected chi connectivity index (χ1v) is 6.06. The Bertz CT molecular complexity index is 519. The first kappa shape index (κ1) is 13.3. The van der Waals surface area contributed by atoms with Crippen molar-refractivity contribution in [2.45, 2.75) is 12.8 Å². The molecule has 1 aliphatic rings. The number of benzene rings is 1. The molecule has 1 heterocycles. The van der Waals surface area contributed by atoms with Gasteiger partial charge in [0.25, 0.3) is 5.91 Å². The summed E-state index contributed by atoms with van der Waals surface area (Å²) in [4.78, 5) is 24.5. The Morgan fingerprint density at radius 3 is 2.79 bits per heavy atom. The van der Waals surface area contributed by atoms with Crippen LogP contribution in [0.15, 0.2) is 18.2 Å². The number of halogens is 1. The van der Waals surface area contributed by atoms with E-state index in [2.05, 4.69) is 0 Å². The maximum absolute atomic E-state index is 13.7. The average molecular weight is 266 g/mol. The van der Waals surface area contributed by atoms with Gasteiger partial charge in [-0.25, -0.2) is 4.39 Å². The second kappa shape index (κ2) is 5.26. The molecule has 1 atom stereocenters. The fourth-order valence-electron chi connectivity index (χ4n) is 2.24. The number of aliphatic carboxylic acids is 1. The molecule has 1 fully saturated rings. The van der Waals surface area contributed by atoms with E-state index in [4.69, 9.17) is 10.8 Å². The second-order valence-corrected chi connectivity index (χ2v) is 4.67. The minimum absolute atomic E-state index is 0.0692. The molecule has 102 valence electrons. The highest BCUT2D eigenvalue weighted by Gasteiger charge is 2.29. The minimum Gasteiger partial charge on any atom is -0.481 e. The lowest BCUT2D eigenvalue weighted by atomic mass is 9.97. The van der Waals surface area contributed by atoms with Crippen LogP contribution < -0.4 is 5.73 Å². The summed E-state index contributed by atoms with van der Waals surface area (Å²) in [6, 6.07) is 3.87. The van der Waals surface area contributed by atoms with E-state index in [9.17, 15) is 14.0 Å². The highest BCUT2D eigenvalue weighted by atomic mass is 19.1. The lowest BCUT2D eigenvalue weighted by molar-refractivity contribution is -0.143. The molecule has 0 spiro atoms. The van der Waals surface area contributed by atoms with Gasteiger partial charge in [-0.05, 0) is 31.0 Å². The van der Waals surface area contributed by atoms with E-state index in [1.165, 1.54) is 17.0 Å². The van der Waals surface area contributed by atoms with Crippen LogP contribution in [0.4, 0.5) is 10.1 Å². The molecule has 0 radical (unpaired) electrons. The van der Waals surface area contributed by atoms with Crippen molar-refractivity contribution < 1.29 is 19.1 Å². The molecule has 0 bridgehead atoms. The van der Waals surface area contributed by atoms with E-state index in [-0.39, 0.29) is 17.8 Å². The fraction of sp³-hybridized carbons (Fsp3) is 0.385. The number of nitrogen functional groups attached to an aromatic ring is 1. The number of anilines is 1. The first-order chi connectivity index (χ1) is 8.99. The largest absolute Gasteiger partial charge is 0.481 e. The van der Waals surface area contributed by atoms with Gasteiger partial charge in [-0.3, -0.25) is 9.59 Å². The fourth-order valence-corrected chi connectivity index (χ4v) is 2.24. The summed E-state index contributed by atoms with van der Waals surface area (Å²) in [7, 11) is 0. The topological polar surface area (TPSA) is 83.6 Å². The zero-order valence-corrected chi connectivity index (χ0v) is 10.3. The van der Waals surface area contributed by atoms with Crippen LogP contribution in [0.3, 0.4) is 0 Å². The molecule has 1 saturated heterocycles. The van der Waals surface area contributed by atoms with Crippen molar-refractivity contribution in [1.82, 2.24) is 4.90 Å². The molecule has 0 aliphatic carbocycles. The van der Waals surface area contributed by atoms with Crippen LogP contribution in [0.2, 0.25) is 0 Å². The van der Waals surface area contributed by atoms with Crippen LogP contribution in [-0.4, -0.2) is 35.0 Å². The number of piperidine rings is 1. The van der Waals surface area contributed by atoms with Gasteiger partial charge >= 0.3 is 5.97 Å². The Morgan fingerprint density at radius 1 is 1.42 bits per heavy atom. The van der Waals surface area contributed by atoms with Crippen LogP contribution in [0, 0.1) is 11.7 Å². The molecule has 1 aromatic carbocycles. The smallest absolute Gasteiger partial charge is 0.308 e. The van der Waals surface area contributed by atoms with Crippen molar-refractivity contribution in [3.8, 4) is 0 Å². The van der Waals surface area contributed by atoms with Gasteiger partial charge in [-0.1, -0.05) is 0 Å². The van der Waals surface area contributed by atoms with E-state index in [1.807, 2.05) is 0 Å². The van der Waals surface area contributed by atoms with Crippen LogP contribution in [0.1, 0.15) is 23.2 Å². The summed E-state index contributed by atoms with van der Waals surface area (Å²) in [5.74, 6) is -2.66. The van der Waals surface area contributed by atoms with Crippen LogP contribution in [0.5, 0.6) is 0 Å². The number of nitrogens with zero attached hydrogens (tertiary/aromatic N) is 1. The SMILES string of the molecule is Nc1ccc(C(=O)N2CCCC(C(=O)O)C2)c(F)c1. The van der Waals surface area contributed by atoms with Crippen LogP contribution in [-0.2, 0) is 4.79 Å². The number of hydrogen-bond acceptors (Lipinski definition) is 3. The van der Waals surface area contributed by atoms with E-state index in [0.717, 1.165) is 6.07 Å². The standard InChI is InChI=1S/C13H15FN2O3/c14-11-6-9(15)3-4-10(11)12(17)16-5-1-2-8(7-16)13(18)19/h3-4,6,8H,1-2,5,7,15H2,(H,18,19). The monoisotopic (exact) mass is 266 g/mol. The van der Waals surface area contributed by atoms with Gasteiger partial charge in [0.15, 0.2) is 0 Å². The number of amides is 1. The van der Waals surface area contributed by atoms with Crippen molar-refractivity contribution in [2.75, 3.05) is 18.8 Å². The predicted molar refractivity (Wildman–Crippen MR) is 67.1 cm³/mol. The van der Waals surface area contributed by atoms with E-state index in [1.54, 1.807) is 0 Å². The van der Waals surface area contributed by atoms with Crippen LogP contribution in [0.25, 0.3) is 0 Å². The summed E-state index contributed by atoms with van der Waals surface area (Å²) in [5.41, 5.74) is 5.60. The molecule has 1 amide bonds. The molecule has 5 nitrogen and oxygen atoms in total. The zero-order chi connectivity index (χ0) is 14.0. The van der Waals surface area contributed by atoms with Gasteiger partial charge < -0.3 is 15.7 Å². The van der Waals surface area contributed by atoms with E-state index >= 15 is 0 Å². The highest BCUT2D eigenvalue weighted by Crippen LogP contribution is 2.20. The molecule has 0 saturated carbocycles. The third-order valence-electron chi connectivity index (χ3n) is 3.28. The molecule has 3 N–H and O–H groups in total. The summed E-state index contributed by atoms with van der Waals surface area (Å²) < 4.78 is 13.7. The van der Waals surface area contributed by atoms with Crippen molar-refractivity contribution in [2.24, 2.45) is 5.92 Å². The Kier molecular flexibility index (Phi) is 3.69. The molecular formula is C13H15FN2O3. The summed E-state index contributed by atoms with van der Waals surface area (Å²) in [6.45, 7) is 0.574. The normalized spacial score (nSPS) is 19.2. The quantitative estimate of drug-likeness (QED) is 0.791. The number of carbonyl (C=O) groups is 2. The number of carboxylic acid groups (broad SMARTS) is 1. The second-order valence-electron chi connectivity index (χ2n) is 4.67. The summed E-state index contributed by atoms with van der Waals surface area (Å²) in [6.07, 6.45) is 1.16. The molecule has 19 heavy (non-hydrogen) atoms. The molecule has 1 unspecified atom stereocenters. The Labute approximate surface area is 109 Å². The highest BCUT2D eigenvalue weighted by molar-refractivity contribution is 5.95.